The molecule has 2 amide bonds. The van der Waals surface area contributed by atoms with E-state index in [0.29, 0.717) is 24.0 Å². The molecule has 0 aromatic heterocycles. The fourth-order valence-corrected chi connectivity index (χ4v) is 3.50. The van der Waals surface area contributed by atoms with Crippen LogP contribution >= 0.6 is 0 Å². The highest BCUT2D eigenvalue weighted by atomic mass is 16.3. The van der Waals surface area contributed by atoms with Crippen molar-refractivity contribution in [1.82, 2.24) is 9.80 Å². The predicted molar refractivity (Wildman–Crippen MR) is 117 cm³/mol. The molecule has 6 heteroatoms. The molecule has 0 aliphatic carbocycles. The van der Waals surface area contributed by atoms with Crippen molar-refractivity contribution < 1.29 is 19.8 Å². The van der Waals surface area contributed by atoms with Crippen LogP contribution in [0.1, 0.15) is 47.4 Å². The van der Waals surface area contributed by atoms with Crippen LogP contribution in [0, 0.1) is 0 Å². The number of aliphatic hydroxyl groups is 2. The normalized spacial score (nSPS) is 12.8. The van der Waals surface area contributed by atoms with E-state index >= 15 is 0 Å². The van der Waals surface area contributed by atoms with E-state index < -0.39 is 0 Å². The number of benzene rings is 2. The Balaban J connectivity index is 2.27. The average molecular weight is 413 g/mol. The highest BCUT2D eigenvalue weighted by Crippen LogP contribution is 2.15. The van der Waals surface area contributed by atoms with Gasteiger partial charge in [-0.3, -0.25) is 9.59 Å². The molecule has 0 bridgehead atoms. The Morgan fingerprint density at radius 1 is 0.700 bits per heavy atom. The van der Waals surface area contributed by atoms with E-state index in [1.807, 2.05) is 26.0 Å². The summed E-state index contributed by atoms with van der Waals surface area (Å²) in [5.41, 5.74) is 1.08. The summed E-state index contributed by atoms with van der Waals surface area (Å²) in [6.45, 7) is 4.06. The van der Waals surface area contributed by atoms with Gasteiger partial charge in [0.05, 0.1) is 25.3 Å². The van der Waals surface area contributed by atoms with E-state index in [4.69, 9.17) is 0 Å². The minimum Gasteiger partial charge on any atom is -0.394 e. The molecule has 162 valence electrons. The Hall–Kier alpha value is -2.70. The molecule has 2 rings (SSSR count). The van der Waals surface area contributed by atoms with E-state index in [1.165, 1.54) is 0 Å². The lowest BCUT2D eigenvalue weighted by Crippen LogP contribution is -2.50. The standard InChI is InChI=1S/C24H32N2O4/c1-3-21(17-27)25(23(29)19-11-7-5-8-12-19)15-16-26(22(4-2)18-28)24(30)20-13-9-6-10-14-20/h5-14,21-22,27-28H,3-4,15-18H2,1-2H3. The molecule has 0 heterocycles. The maximum atomic E-state index is 13.1. The average Bonchev–Trinajstić information content (AvgIpc) is 2.81. The van der Waals surface area contributed by atoms with Crippen molar-refractivity contribution in [2.75, 3.05) is 26.3 Å². The Morgan fingerprint density at radius 2 is 1.03 bits per heavy atom. The number of rotatable bonds is 11. The summed E-state index contributed by atoms with van der Waals surface area (Å²) in [6, 6.07) is 17.2. The quantitative estimate of drug-likeness (QED) is 0.595. The van der Waals surface area contributed by atoms with E-state index in [1.54, 1.807) is 58.3 Å². The highest BCUT2D eigenvalue weighted by molar-refractivity contribution is 5.95. The summed E-state index contributed by atoms with van der Waals surface area (Å²) < 4.78 is 0. The molecule has 0 radical (unpaired) electrons. The summed E-state index contributed by atoms with van der Waals surface area (Å²) >= 11 is 0. The zero-order valence-corrected chi connectivity index (χ0v) is 17.8. The molecule has 2 atom stereocenters. The number of hydrogen-bond donors (Lipinski definition) is 2. The Morgan fingerprint density at radius 3 is 1.30 bits per heavy atom. The summed E-state index contributed by atoms with van der Waals surface area (Å²) in [5.74, 6) is -0.360. The van der Waals surface area contributed by atoms with Crippen molar-refractivity contribution >= 4 is 11.8 Å². The monoisotopic (exact) mass is 412 g/mol. The van der Waals surface area contributed by atoms with E-state index in [9.17, 15) is 19.8 Å². The Kier molecular flexibility index (Phi) is 9.51. The lowest BCUT2D eigenvalue weighted by atomic mass is 10.1. The number of hydrogen-bond acceptors (Lipinski definition) is 4. The van der Waals surface area contributed by atoms with Gasteiger partial charge in [-0.15, -0.1) is 0 Å². The molecule has 0 spiro atoms. The van der Waals surface area contributed by atoms with Crippen molar-refractivity contribution in [3.05, 3.63) is 71.8 Å². The van der Waals surface area contributed by atoms with Gasteiger partial charge in [-0.05, 0) is 37.1 Å². The summed E-state index contributed by atoms with van der Waals surface area (Å²) in [7, 11) is 0. The van der Waals surface area contributed by atoms with E-state index in [-0.39, 0.29) is 50.2 Å². The molecule has 0 aliphatic rings. The third-order valence-corrected chi connectivity index (χ3v) is 5.39. The van der Waals surface area contributed by atoms with Gasteiger partial charge in [0.2, 0.25) is 0 Å². The van der Waals surface area contributed by atoms with Crippen LogP contribution in [-0.2, 0) is 0 Å². The van der Waals surface area contributed by atoms with Gasteiger partial charge >= 0.3 is 0 Å². The van der Waals surface area contributed by atoms with Gasteiger partial charge in [-0.2, -0.15) is 0 Å². The molecule has 30 heavy (non-hydrogen) atoms. The highest BCUT2D eigenvalue weighted by Gasteiger charge is 2.27. The summed E-state index contributed by atoms with van der Waals surface area (Å²) in [6.07, 6.45) is 1.19. The number of aliphatic hydroxyl groups excluding tert-OH is 2. The minimum atomic E-state index is -0.347. The van der Waals surface area contributed by atoms with Crippen LogP contribution in [-0.4, -0.2) is 70.2 Å². The summed E-state index contributed by atoms with van der Waals surface area (Å²) in [4.78, 5) is 29.5. The SMILES string of the molecule is CCC(CO)N(CCN(C(=O)c1ccccc1)C(CC)CO)C(=O)c1ccccc1. The fraction of sp³-hybridized carbons (Fsp3) is 0.417. The van der Waals surface area contributed by atoms with Gasteiger partial charge in [-0.1, -0.05) is 50.2 Å². The molecule has 0 saturated heterocycles. The summed E-state index contributed by atoms with van der Waals surface area (Å²) in [5, 5.41) is 19.7. The first-order valence-electron chi connectivity index (χ1n) is 10.5. The van der Waals surface area contributed by atoms with E-state index in [2.05, 4.69) is 0 Å². The zero-order valence-electron chi connectivity index (χ0n) is 17.8. The molecule has 6 nitrogen and oxygen atoms in total. The lowest BCUT2D eigenvalue weighted by molar-refractivity contribution is 0.0430. The van der Waals surface area contributed by atoms with Gasteiger partial charge in [0, 0.05) is 24.2 Å². The molecule has 0 saturated carbocycles. The van der Waals surface area contributed by atoms with Crippen LogP contribution in [0.25, 0.3) is 0 Å². The number of carbonyl (C=O) groups excluding carboxylic acids is 2. The van der Waals surface area contributed by atoms with Crippen LogP contribution in [0.4, 0.5) is 0 Å². The van der Waals surface area contributed by atoms with E-state index in [0.717, 1.165) is 0 Å². The molecule has 0 fully saturated rings. The van der Waals surface area contributed by atoms with Crippen molar-refractivity contribution in [3.8, 4) is 0 Å². The molecule has 2 unspecified atom stereocenters. The maximum Gasteiger partial charge on any atom is 0.254 e. The Bertz CT molecular complexity index is 707. The van der Waals surface area contributed by atoms with Crippen molar-refractivity contribution in [2.45, 2.75) is 38.8 Å². The predicted octanol–water partition coefficient (Wildman–Crippen LogP) is 2.81. The van der Waals surface area contributed by atoms with Crippen LogP contribution in [0.5, 0.6) is 0 Å². The maximum absolute atomic E-state index is 13.1. The third kappa shape index (κ3) is 5.90. The van der Waals surface area contributed by atoms with Crippen molar-refractivity contribution in [2.24, 2.45) is 0 Å². The molecule has 2 aromatic carbocycles. The largest absolute Gasteiger partial charge is 0.394 e. The lowest BCUT2D eigenvalue weighted by Gasteiger charge is -2.35. The minimum absolute atomic E-state index is 0.154. The molecular formula is C24H32N2O4. The molecular weight excluding hydrogens is 380 g/mol. The first-order chi connectivity index (χ1) is 14.6. The van der Waals surface area contributed by atoms with Crippen LogP contribution in [0.2, 0.25) is 0 Å². The molecule has 2 aromatic rings. The number of amides is 2. The van der Waals surface area contributed by atoms with Crippen molar-refractivity contribution in [1.29, 1.82) is 0 Å². The van der Waals surface area contributed by atoms with Gasteiger partial charge in [0.15, 0.2) is 0 Å². The first kappa shape index (κ1) is 23.6. The number of nitrogens with zero attached hydrogens (tertiary/aromatic N) is 2. The van der Waals surface area contributed by atoms with Gasteiger partial charge < -0.3 is 20.0 Å². The smallest absolute Gasteiger partial charge is 0.254 e. The van der Waals surface area contributed by atoms with Crippen molar-refractivity contribution in [3.63, 3.8) is 0 Å². The molecule has 0 aliphatic heterocycles. The number of carbonyl (C=O) groups is 2. The second kappa shape index (κ2) is 12.1. The van der Waals surface area contributed by atoms with Gasteiger partial charge in [0.1, 0.15) is 0 Å². The van der Waals surface area contributed by atoms with Gasteiger partial charge in [-0.25, -0.2) is 0 Å². The van der Waals surface area contributed by atoms with Crippen LogP contribution in [0.3, 0.4) is 0 Å². The van der Waals surface area contributed by atoms with Gasteiger partial charge in [0.25, 0.3) is 11.8 Å². The molecule has 2 N–H and O–H groups in total. The second-order valence-corrected chi connectivity index (χ2v) is 7.22. The topological polar surface area (TPSA) is 81.1 Å². The van der Waals surface area contributed by atoms with Crippen LogP contribution in [0.15, 0.2) is 60.7 Å². The fourth-order valence-electron chi connectivity index (χ4n) is 3.50. The Labute approximate surface area is 178 Å². The third-order valence-electron chi connectivity index (χ3n) is 5.39. The second-order valence-electron chi connectivity index (χ2n) is 7.22. The van der Waals surface area contributed by atoms with Crippen LogP contribution < -0.4 is 0 Å². The first-order valence-corrected chi connectivity index (χ1v) is 10.5. The zero-order chi connectivity index (χ0) is 21.9.